The van der Waals surface area contributed by atoms with E-state index in [-0.39, 0.29) is 40.5 Å². The number of phenols is 1. The van der Waals surface area contributed by atoms with Gasteiger partial charge in [-0.05, 0) is 62.2 Å². The van der Waals surface area contributed by atoms with Gasteiger partial charge < -0.3 is 20.2 Å². The molecule has 0 aliphatic carbocycles. The highest BCUT2D eigenvalue weighted by atomic mass is 19.4. The van der Waals surface area contributed by atoms with Crippen molar-refractivity contribution in [3.63, 3.8) is 0 Å². The van der Waals surface area contributed by atoms with Gasteiger partial charge in [0.15, 0.2) is 0 Å². The monoisotopic (exact) mass is 701 g/mol. The van der Waals surface area contributed by atoms with E-state index < -0.39 is 17.7 Å². The second kappa shape index (κ2) is 25.7. The molecule has 0 heterocycles. The van der Waals surface area contributed by atoms with Crippen molar-refractivity contribution in [2.75, 3.05) is 24.0 Å². The highest BCUT2D eigenvalue weighted by Gasteiger charge is 2.32. The number of nitrogens with one attached hydrogen (secondary N) is 1. The minimum atomic E-state index is -4.62. The molecule has 0 unspecified atom stereocenters. The van der Waals surface area contributed by atoms with Crippen molar-refractivity contribution in [3.05, 3.63) is 102 Å². The van der Waals surface area contributed by atoms with Gasteiger partial charge in [0.05, 0.1) is 28.2 Å². The fraction of sp³-hybridized carbons (Fsp3) is 0.316. The number of nitrogens with zero attached hydrogens (tertiary/aromatic N) is 2. The number of anilines is 2. The molecule has 4 N–H and O–H groups in total. The summed E-state index contributed by atoms with van der Waals surface area (Å²) in [6.45, 7) is 17.2. The van der Waals surface area contributed by atoms with Crippen LogP contribution in [0, 0.1) is 0 Å². The third-order valence-corrected chi connectivity index (χ3v) is 6.22. The average molecular weight is 702 g/mol. The molecule has 0 bridgehead atoms. The minimum absolute atomic E-state index is 0.0172. The summed E-state index contributed by atoms with van der Waals surface area (Å²) in [5.74, 6) is -1.31. The van der Waals surface area contributed by atoms with E-state index in [2.05, 4.69) is 17.1 Å². The van der Waals surface area contributed by atoms with E-state index in [9.17, 15) is 37.8 Å². The lowest BCUT2D eigenvalue weighted by molar-refractivity contribution is -0.137. The number of carboxylic acid groups (broad SMARTS) is 1. The number of hydrogen-bond acceptors (Lipinski definition) is 7. The van der Waals surface area contributed by atoms with Crippen LogP contribution in [-0.2, 0) is 15.8 Å². The molecule has 3 aromatic rings. The van der Waals surface area contributed by atoms with E-state index >= 15 is 0 Å². The summed E-state index contributed by atoms with van der Waals surface area (Å²) < 4.78 is 40.5. The van der Waals surface area contributed by atoms with Crippen LogP contribution in [0.5, 0.6) is 5.75 Å². The molecule has 9 nitrogen and oxygen atoms in total. The largest absolute Gasteiger partial charge is 0.505 e. The number of hydrazone groups is 1. The third-order valence-electron chi connectivity index (χ3n) is 6.22. The zero-order chi connectivity index (χ0) is 38.9. The Morgan fingerprint density at radius 1 is 1.00 bits per heavy atom. The first-order chi connectivity index (χ1) is 23.9. The van der Waals surface area contributed by atoms with Gasteiger partial charge in [-0.3, -0.25) is 15.0 Å². The molecule has 0 saturated heterocycles. The Hall–Kier alpha value is -5.23. The van der Waals surface area contributed by atoms with Crippen LogP contribution in [0.25, 0.3) is 11.1 Å². The fourth-order valence-electron chi connectivity index (χ4n) is 4.07. The first-order valence-corrected chi connectivity index (χ1v) is 15.9. The van der Waals surface area contributed by atoms with E-state index in [1.54, 1.807) is 44.2 Å². The van der Waals surface area contributed by atoms with E-state index in [1.807, 2.05) is 34.6 Å². The van der Waals surface area contributed by atoms with E-state index in [0.29, 0.717) is 29.5 Å². The molecule has 0 aliphatic heterocycles. The number of amides is 1. The van der Waals surface area contributed by atoms with Crippen LogP contribution in [0.3, 0.4) is 0 Å². The number of para-hydroxylation sites is 1. The molecule has 0 spiro atoms. The number of aliphatic hydroxyl groups excluding tert-OH is 1. The van der Waals surface area contributed by atoms with Crippen LogP contribution >= 0.6 is 0 Å². The Labute approximate surface area is 293 Å². The smallest absolute Gasteiger partial charge is 0.416 e. The molecule has 3 rings (SSSR count). The Balaban J connectivity index is 0. The van der Waals surface area contributed by atoms with Gasteiger partial charge in [0.1, 0.15) is 12.0 Å². The lowest BCUT2D eigenvalue weighted by Crippen LogP contribution is -2.26. The Kier molecular flexibility index (Phi) is 24.1. The lowest BCUT2D eigenvalue weighted by Gasteiger charge is -2.23. The number of aromatic carboxylic acids is 1. The normalized spacial score (nSPS) is 10.4. The molecule has 50 heavy (non-hydrogen) atoms. The zero-order valence-electron chi connectivity index (χ0n) is 30.0. The second-order valence-corrected chi connectivity index (χ2v) is 9.52. The molecular weight excluding hydrogens is 651 g/mol. The van der Waals surface area contributed by atoms with Gasteiger partial charge in [0.2, 0.25) is 6.41 Å². The summed E-state index contributed by atoms with van der Waals surface area (Å²) in [5, 5.41) is 31.4. The van der Waals surface area contributed by atoms with Gasteiger partial charge in [-0.25, -0.2) is 4.79 Å². The number of alkyl halides is 3. The van der Waals surface area contributed by atoms with Gasteiger partial charge in [-0.1, -0.05) is 89.6 Å². The lowest BCUT2D eigenvalue weighted by atomic mass is 10.0. The number of aldehydes is 1. The predicted molar refractivity (Wildman–Crippen MR) is 197 cm³/mol. The number of hydrogen-bond donors (Lipinski definition) is 4. The van der Waals surface area contributed by atoms with Gasteiger partial charge in [-0.2, -0.15) is 18.3 Å². The SMILES string of the molecule is C/C=C/C=O.C=C(CCC)CN(C=O)c1cc(C(F)(F)F)ccc1/C(C)=N/Nc1cccc(-c2cccc(C(=O)O)c2)c1O.CC.CC.CO. The fourth-order valence-corrected chi connectivity index (χ4v) is 4.07. The maximum absolute atomic E-state index is 13.5. The van der Waals surface area contributed by atoms with E-state index in [4.69, 9.17) is 5.11 Å². The number of phenolic OH excluding ortho intramolecular Hbond substituents is 1. The van der Waals surface area contributed by atoms with Crippen molar-refractivity contribution < 1.29 is 42.9 Å². The number of halogens is 3. The highest BCUT2D eigenvalue weighted by Crippen LogP contribution is 2.37. The van der Waals surface area contributed by atoms with Gasteiger partial charge >= 0.3 is 12.1 Å². The molecule has 1 amide bonds. The maximum atomic E-state index is 13.5. The molecule has 0 saturated carbocycles. The molecule has 274 valence electrons. The summed E-state index contributed by atoms with van der Waals surface area (Å²) in [7, 11) is 1.00. The number of allylic oxidation sites excluding steroid dienone is 2. The Bertz CT molecular complexity index is 1550. The van der Waals surface area contributed by atoms with Crippen molar-refractivity contribution in [1.82, 2.24) is 0 Å². The van der Waals surface area contributed by atoms with Crippen LogP contribution < -0.4 is 10.3 Å². The molecule has 0 atom stereocenters. The van der Waals surface area contributed by atoms with Crippen LogP contribution in [0.1, 0.15) is 82.8 Å². The van der Waals surface area contributed by atoms with Crippen molar-refractivity contribution in [2.24, 2.45) is 5.10 Å². The summed E-state index contributed by atoms with van der Waals surface area (Å²) >= 11 is 0. The minimum Gasteiger partial charge on any atom is -0.505 e. The Morgan fingerprint density at radius 2 is 1.62 bits per heavy atom. The summed E-state index contributed by atoms with van der Waals surface area (Å²) in [4.78, 5) is 33.7. The average Bonchev–Trinajstić information content (AvgIpc) is 3.12. The van der Waals surface area contributed by atoms with E-state index in [0.717, 1.165) is 36.8 Å². The van der Waals surface area contributed by atoms with Crippen LogP contribution in [0.4, 0.5) is 24.5 Å². The van der Waals surface area contributed by atoms with Crippen molar-refractivity contribution in [1.29, 1.82) is 0 Å². The third kappa shape index (κ3) is 15.3. The predicted octanol–water partition coefficient (Wildman–Crippen LogP) is 9.35. The Morgan fingerprint density at radius 3 is 2.12 bits per heavy atom. The molecule has 0 fully saturated rings. The first kappa shape index (κ1) is 46.9. The topological polar surface area (TPSA) is 140 Å². The zero-order valence-corrected chi connectivity index (χ0v) is 30.0. The molecule has 0 aromatic heterocycles. The molecular formula is C38H50F3N3O6. The van der Waals surface area contributed by atoms with E-state index in [1.165, 1.54) is 30.3 Å². The summed E-state index contributed by atoms with van der Waals surface area (Å²) in [6, 6.07) is 13.9. The number of carbonyl (C=O) groups excluding carboxylic acids is 2. The summed E-state index contributed by atoms with van der Waals surface area (Å²) in [6.07, 6.45) is 1.11. The molecule has 12 heteroatoms. The quantitative estimate of drug-likeness (QED) is 0.0369. The molecule has 0 radical (unpaired) electrons. The van der Waals surface area contributed by atoms with Crippen LogP contribution in [0.2, 0.25) is 0 Å². The molecule has 0 aliphatic rings. The maximum Gasteiger partial charge on any atom is 0.416 e. The van der Waals surface area contributed by atoms with Gasteiger partial charge in [-0.15, -0.1) is 0 Å². The number of aromatic hydroxyl groups is 1. The van der Waals surface area contributed by atoms with Gasteiger partial charge in [0.25, 0.3) is 0 Å². The number of carbonyl (C=O) groups is 3. The molecule has 3 aromatic carbocycles. The highest BCUT2D eigenvalue weighted by molar-refractivity contribution is 6.05. The van der Waals surface area contributed by atoms with Crippen LogP contribution in [0.15, 0.2) is 90.1 Å². The van der Waals surface area contributed by atoms with Crippen molar-refractivity contribution in [3.8, 4) is 16.9 Å². The van der Waals surface area contributed by atoms with Gasteiger partial charge in [0, 0.05) is 24.8 Å². The number of carboxylic acids is 1. The number of aliphatic hydroxyl groups is 1. The van der Waals surface area contributed by atoms with Crippen molar-refractivity contribution in [2.45, 2.75) is 67.5 Å². The second-order valence-electron chi connectivity index (χ2n) is 9.52. The van der Waals surface area contributed by atoms with Crippen LogP contribution in [-0.4, -0.2) is 53.4 Å². The number of rotatable bonds is 12. The first-order valence-electron chi connectivity index (χ1n) is 15.9. The van der Waals surface area contributed by atoms with Crippen molar-refractivity contribution >= 4 is 35.8 Å². The summed E-state index contributed by atoms with van der Waals surface area (Å²) in [5.41, 5.74) is 4.10. The number of benzene rings is 3. The standard InChI is InChI=1S/C29H28F3N3O4.C4H6O.2C2H6.CH4O/c1-4-7-18(2)16-35(17-36)26-15-22(29(30,31)32)12-13-23(26)19(3)33-34-25-11-6-10-24(27(25)37)20-8-5-9-21(14-20)28(38)39;1-2-3-4-5;3*1-2/h5-6,8-15,17,34,37H,2,4,7,16H2,1,3H3,(H,38,39);2-4H,1H3;2*1-2H3;2H,1H3/b33-19+;3-2+;;;.